The summed E-state index contributed by atoms with van der Waals surface area (Å²) in [6.45, 7) is 1.79. The van der Waals surface area contributed by atoms with Crippen molar-refractivity contribution in [1.29, 1.82) is 5.26 Å². The molecule has 0 bridgehead atoms. The summed E-state index contributed by atoms with van der Waals surface area (Å²) in [5.41, 5.74) is 0.874. The minimum absolute atomic E-state index is 0.0238. The number of nitriles is 1. The van der Waals surface area contributed by atoms with Crippen molar-refractivity contribution < 1.29 is 8.42 Å². The molecule has 1 aromatic rings. The summed E-state index contributed by atoms with van der Waals surface area (Å²) in [4.78, 5) is 0.338. The zero-order chi connectivity index (χ0) is 11.6. The molecule has 3 nitrogen and oxygen atoms in total. The van der Waals surface area contributed by atoms with Gasteiger partial charge in [-0.25, -0.2) is 8.42 Å². The maximum Gasteiger partial charge on any atom is 0.261 e. The second-order valence-corrected chi connectivity index (χ2v) is 5.90. The molecule has 15 heavy (non-hydrogen) atoms. The van der Waals surface area contributed by atoms with Gasteiger partial charge in [0, 0.05) is 15.6 Å². The summed E-state index contributed by atoms with van der Waals surface area (Å²) < 4.78 is 22.4. The maximum absolute atomic E-state index is 11.2. The van der Waals surface area contributed by atoms with Gasteiger partial charge in [-0.15, -0.1) is 12.6 Å². The third-order valence-corrected chi connectivity index (χ3v) is 3.72. The molecule has 0 aliphatic rings. The van der Waals surface area contributed by atoms with E-state index in [1.807, 2.05) is 6.07 Å². The van der Waals surface area contributed by atoms with Gasteiger partial charge in [-0.1, -0.05) is 6.92 Å². The van der Waals surface area contributed by atoms with Crippen LogP contribution in [-0.4, -0.2) is 8.42 Å². The van der Waals surface area contributed by atoms with E-state index in [0.29, 0.717) is 22.4 Å². The van der Waals surface area contributed by atoms with Crippen LogP contribution >= 0.6 is 23.3 Å². The van der Waals surface area contributed by atoms with Crippen molar-refractivity contribution in [2.24, 2.45) is 0 Å². The van der Waals surface area contributed by atoms with Gasteiger partial charge in [0.1, 0.15) is 6.07 Å². The lowest BCUT2D eigenvalue weighted by atomic mass is 10.1. The first-order chi connectivity index (χ1) is 6.90. The van der Waals surface area contributed by atoms with Gasteiger partial charge in [0.15, 0.2) is 0 Å². The molecular formula is C9H8ClNO2S2. The molecule has 0 aromatic heterocycles. The van der Waals surface area contributed by atoms with E-state index in [2.05, 4.69) is 12.6 Å². The Morgan fingerprint density at radius 1 is 1.53 bits per heavy atom. The quantitative estimate of drug-likeness (QED) is 0.657. The molecule has 0 radical (unpaired) electrons. The van der Waals surface area contributed by atoms with Crippen LogP contribution in [-0.2, 0) is 15.5 Å². The van der Waals surface area contributed by atoms with E-state index in [-0.39, 0.29) is 4.90 Å². The highest BCUT2D eigenvalue weighted by Gasteiger charge is 2.16. The van der Waals surface area contributed by atoms with E-state index in [1.165, 1.54) is 12.1 Å². The average molecular weight is 262 g/mol. The summed E-state index contributed by atoms with van der Waals surface area (Å²) >= 11 is 4.02. The minimum atomic E-state index is -3.78. The van der Waals surface area contributed by atoms with Crippen LogP contribution in [0.3, 0.4) is 0 Å². The summed E-state index contributed by atoms with van der Waals surface area (Å²) in [5.74, 6) is 0. The lowest BCUT2D eigenvalue weighted by Crippen LogP contribution is -1.99. The predicted molar refractivity (Wildman–Crippen MR) is 60.8 cm³/mol. The van der Waals surface area contributed by atoms with Crippen molar-refractivity contribution in [3.05, 3.63) is 23.3 Å². The number of hydrogen-bond donors (Lipinski definition) is 1. The third kappa shape index (κ3) is 2.65. The summed E-state index contributed by atoms with van der Waals surface area (Å²) in [6, 6.07) is 4.74. The number of nitrogens with zero attached hydrogens (tertiary/aromatic N) is 1. The van der Waals surface area contributed by atoms with Crippen molar-refractivity contribution in [3.8, 4) is 6.07 Å². The largest absolute Gasteiger partial charge is 0.261 e. The third-order valence-electron chi connectivity index (χ3n) is 1.94. The van der Waals surface area contributed by atoms with Gasteiger partial charge in [-0.05, 0) is 24.1 Å². The van der Waals surface area contributed by atoms with Crippen molar-refractivity contribution in [2.45, 2.75) is 23.1 Å². The fourth-order valence-corrected chi connectivity index (χ4v) is 2.74. The first kappa shape index (κ1) is 12.4. The van der Waals surface area contributed by atoms with E-state index in [9.17, 15) is 8.42 Å². The molecule has 1 rings (SSSR count). The summed E-state index contributed by atoms with van der Waals surface area (Å²) in [6.07, 6.45) is 0.490. The van der Waals surface area contributed by atoms with Gasteiger partial charge < -0.3 is 0 Å². The normalized spacial score (nSPS) is 11.1. The Morgan fingerprint density at radius 3 is 2.53 bits per heavy atom. The van der Waals surface area contributed by atoms with Gasteiger partial charge in [0.2, 0.25) is 0 Å². The Balaban J connectivity index is 3.57. The fourth-order valence-electron chi connectivity index (χ4n) is 1.21. The van der Waals surface area contributed by atoms with E-state index < -0.39 is 9.05 Å². The Kier molecular flexibility index (Phi) is 3.66. The molecule has 0 spiro atoms. The Hall–Kier alpha value is -0.700. The number of thiol groups is 1. The average Bonchev–Trinajstić information content (AvgIpc) is 2.16. The molecule has 0 atom stereocenters. The topological polar surface area (TPSA) is 57.9 Å². The SMILES string of the molecule is CCc1cc(C#N)c(S)cc1S(=O)(=O)Cl. The first-order valence-corrected chi connectivity index (χ1v) is 6.86. The van der Waals surface area contributed by atoms with E-state index >= 15 is 0 Å². The number of aryl methyl sites for hydroxylation is 1. The number of hydrogen-bond acceptors (Lipinski definition) is 4. The van der Waals surface area contributed by atoms with Crippen LogP contribution < -0.4 is 0 Å². The predicted octanol–water partition coefficient (Wildman–Crippen LogP) is 2.34. The molecule has 80 valence electrons. The maximum atomic E-state index is 11.2. The fraction of sp³-hybridized carbons (Fsp3) is 0.222. The Bertz CT molecular complexity index is 532. The monoisotopic (exact) mass is 261 g/mol. The van der Waals surface area contributed by atoms with E-state index in [4.69, 9.17) is 15.9 Å². The van der Waals surface area contributed by atoms with Gasteiger partial charge in [0.25, 0.3) is 9.05 Å². The van der Waals surface area contributed by atoms with Crippen LogP contribution in [0.4, 0.5) is 0 Å². The Morgan fingerprint density at radius 2 is 2.13 bits per heavy atom. The van der Waals surface area contributed by atoms with Crippen LogP contribution in [0, 0.1) is 11.3 Å². The molecule has 0 N–H and O–H groups in total. The van der Waals surface area contributed by atoms with Crippen LogP contribution in [0.5, 0.6) is 0 Å². The van der Waals surface area contributed by atoms with Gasteiger partial charge in [0.05, 0.1) is 10.5 Å². The standard InChI is InChI=1S/C9H8ClNO2S2/c1-2-6-3-7(5-11)8(14)4-9(6)15(10,12)13/h3-4,14H,2H2,1H3. The molecule has 0 saturated carbocycles. The molecule has 0 unspecified atom stereocenters. The van der Waals surface area contributed by atoms with Crippen LogP contribution in [0.25, 0.3) is 0 Å². The van der Waals surface area contributed by atoms with Crippen LogP contribution in [0.2, 0.25) is 0 Å². The molecule has 0 aliphatic heterocycles. The lowest BCUT2D eigenvalue weighted by molar-refractivity contribution is 0.608. The number of rotatable bonds is 2. The number of benzene rings is 1. The first-order valence-electron chi connectivity index (χ1n) is 4.10. The minimum Gasteiger partial charge on any atom is -0.207 e. The van der Waals surface area contributed by atoms with E-state index in [0.717, 1.165) is 0 Å². The van der Waals surface area contributed by atoms with Crippen molar-refractivity contribution in [2.75, 3.05) is 0 Å². The summed E-state index contributed by atoms with van der Waals surface area (Å²) in [5, 5.41) is 8.75. The van der Waals surface area contributed by atoms with Crippen molar-refractivity contribution in [1.82, 2.24) is 0 Å². The zero-order valence-electron chi connectivity index (χ0n) is 7.86. The number of halogens is 1. The highest BCUT2D eigenvalue weighted by Crippen LogP contribution is 2.26. The van der Waals surface area contributed by atoms with Crippen molar-refractivity contribution in [3.63, 3.8) is 0 Å². The zero-order valence-corrected chi connectivity index (χ0v) is 10.3. The molecule has 1 aromatic carbocycles. The highest BCUT2D eigenvalue weighted by molar-refractivity contribution is 8.13. The molecule has 0 amide bonds. The second-order valence-electron chi connectivity index (χ2n) is 2.88. The highest BCUT2D eigenvalue weighted by atomic mass is 35.7. The van der Waals surface area contributed by atoms with Gasteiger partial charge in [-0.2, -0.15) is 5.26 Å². The summed E-state index contributed by atoms with van der Waals surface area (Å²) in [7, 11) is 1.49. The smallest absolute Gasteiger partial charge is 0.207 e. The van der Waals surface area contributed by atoms with E-state index in [1.54, 1.807) is 6.92 Å². The van der Waals surface area contributed by atoms with Gasteiger partial charge in [-0.3, -0.25) is 0 Å². The van der Waals surface area contributed by atoms with Crippen LogP contribution in [0.1, 0.15) is 18.1 Å². The second kappa shape index (κ2) is 4.44. The van der Waals surface area contributed by atoms with Crippen LogP contribution in [0.15, 0.2) is 21.9 Å². The lowest BCUT2D eigenvalue weighted by Gasteiger charge is -2.06. The molecular weight excluding hydrogens is 254 g/mol. The van der Waals surface area contributed by atoms with Gasteiger partial charge >= 0.3 is 0 Å². The molecule has 0 fully saturated rings. The van der Waals surface area contributed by atoms with Crippen molar-refractivity contribution >= 4 is 32.4 Å². The molecule has 0 heterocycles. The Labute approximate surface area is 98.5 Å². The molecule has 0 aliphatic carbocycles. The molecule has 6 heteroatoms. The molecule has 0 saturated heterocycles.